The minimum absolute atomic E-state index is 1.01. The molecule has 4 heterocycles. The molecule has 192 valence electrons. The second-order valence-corrected chi connectivity index (χ2v) is 10.2. The van der Waals surface area contributed by atoms with Crippen LogP contribution >= 0.6 is 0 Å². The summed E-state index contributed by atoms with van der Waals surface area (Å²) in [6.45, 7) is 0. The lowest BCUT2D eigenvalue weighted by molar-refractivity contribution is 1.18. The maximum atomic E-state index is 4.87. The summed E-state index contributed by atoms with van der Waals surface area (Å²) in [6, 6.07) is 40.8. The highest BCUT2D eigenvalue weighted by molar-refractivity contribution is 6.20. The lowest BCUT2D eigenvalue weighted by Crippen LogP contribution is -1.96. The Labute approximate surface area is 237 Å². The number of nitrogens with zero attached hydrogens (tertiary/aromatic N) is 4. The molecule has 0 aliphatic carbocycles. The van der Waals surface area contributed by atoms with Crippen LogP contribution in [-0.2, 0) is 0 Å². The number of rotatable bonds is 4. The standard InChI is InChI=1S/C37H24N4/c1-2-7-25(8-3-1)27-13-14-34-33(22-27)36-35(15-12-26-9-6-18-40-37(26)36)41(34)32-20-30(28-10-4-16-38-23-28)19-31(21-32)29-11-5-17-39-24-29/h1-24H. The van der Waals surface area contributed by atoms with Crippen LogP contribution in [-0.4, -0.2) is 19.5 Å². The smallest absolute Gasteiger partial charge is 0.0802 e. The molecule has 0 saturated carbocycles. The first-order valence-corrected chi connectivity index (χ1v) is 13.7. The molecule has 0 aliphatic rings. The van der Waals surface area contributed by atoms with Gasteiger partial charge in [-0.3, -0.25) is 15.0 Å². The van der Waals surface area contributed by atoms with E-state index in [9.17, 15) is 0 Å². The fourth-order valence-corrected chi connectivity index (χ4v) is 5.88. The Morgan fingerprint density at radius 1 is 0.463 bits per heavy atom. The molecule has 0 bridgehead atoms. The van der Waals surface area contributed by atoms with Crippen LogP contribution in [0.3, 0.4) is 0 Å². The van der Waals surface area contributed by atoms with Crippen molar-refractivity contribution < 1.29 is 0 Å². The van der Waals surface area contributed by atoms with Crippen molar-refractivity contribution in [2.45, 2.75) is 0 Å². The summed E-state index contributed by atoms with van der Waals surface area (Å²) in [6.07, 6.45) is 9.34. The van der Waals surface area contributed by atoms with E-state index in [-0.39, 0.29) is 0 Å². The Morgan fingerprint density at radius 3 is 1.85 bits per heavy atom. The summed E-state index contributed by atoms with van der Waals surface area (Å²) < 4.78 is 2.37. The molecule has 0 radical (unpaired) electrons. The average Bonchev–Trinajstić information content (AvgIpc) is 3.40. The van der Waals surface area contributed by atoms with Crippen molar-refractivity contribution in [3.63, 3.8) is 0 Å². The van der Waals surface area contributed by atoms with Crippen molar-refractivity contribution in [1.82, 2.24) is 19.5 Å². The van der Waals surface area contributed by atoms with Crippen molar-refractivity contribution in [1.29, 1.82) is 0 Å². The van der Waals surface area contributed by atoms with Gasteiger partial charge in [-0.15, -0.1) is 0 Å². The van der Waals surface area contributed by atoms with Crippen LogP contribution in [0.25, 0.3) is 71.8 Å². The molecular weight excluding hydrogens is 500 g/mol. The number of hydrogen-bond donors (Lipinski definition) is 0. The highest BCUT2D eigenvalue weighted by Gasteiger charge is 2.18. The Balaban J connectivity index is 1.47. The molecule has 0 saturated heterocycles. The van der Waals surface area contributed by atoms with E-state index in [1.807, 2.05) is 49.2 Å². The van der Waals surface area contributed by atoms with Crippen LogP contribution in [0.5, 0.6) is 0 Å². The van der Waals surface area contributed by atoms with Gasteiger partial charge < -0.3 is 4.57 Å². The Kier molecular flexibility index (Phi) is 5.42. The lowest BCUT2D eigenvalue weighted by atomic mass is 9.99. The van der Waals surface area contributed by atoms with E-state index in [0.717, 1.165) is 55.3 Å². The topological polar surface area (TPSA) is 43.6 Å². The molecule has 4 nitrogen and oxygen atoms in total. The van der Waals surface area contributed by atoms with Crippen molar-refractivity contribution in [2.75, 3.05) is 0 Å². The molecule has 4 aromatic heterocycles. The zero-order valence-corrected chi connectivity index (χ0v) is 22.1. The molecule has 4 heteroatoms. The summed E-state index contributed by atoms with van der Waals surface area (Å²) in [5.41, 5.74) is 11.1. The van der Waals surface area contributed by atoms with Gasteiger partial charge >= 0.3 is 0 Å². The molecule has 0 N–H and O–H groups in total. The first kappa shape index (κ1) is 23.3. The van der Waals surface area contributed by atoms with Crippen LogP contribution in [0.1, 0.15) is 0 Å². The number of aromatic nitrogens is 4. The minimum Gasteiger partial charge on any atom is -0.309 e. The van der Waals surface area contributed by atoms with E-state index in [1.165, 1.54) is 16.5 Å². The van der Waals surface area contributed by atoms with Gasteiger partial charge in [-0.25, -0.2) is 0 Å². The number of benzene rings is 4. The molecule has 0 amide bonds. The van der Waals surface area contributed by atoms with E-state index < -0.39 is 0 Å². The highest BCUT2D eigenvalue weighted by Crippen LogP contribution is 2.39. The van der Waals surface area contributed by atoms with Crippen LogP contribution in [0, 0.1) is 0 Å². The SMILES string of the molecule is c1ccc(-c2ccc3c(c2)c2c4ncccc4ccc2n3-c2cc(-c3cccnc3)cc(-c3cccnc3)c2)cc1. The molecular formula is C37H24N4. The Bertz CT molecular complexity index is 2130. The van der Waals surface area contributed by atoms with Crippen molar-refractivity contribution in [3.8, 4) is 39.1 Å². The molecule has 0 fully saturated rings. The first-order chi connectivity index (χ1) is 20.3. The van der Waals surface area contributed by atoms with Crippen molar-refractivity contribution >= 4 is 32.7 Å². The predicted molar refractivity (Wildman–Crippen MR) is 168 cm³/mol. The minimum atomic E-state index is 1.01. The average molecular weight is 525 g/mol. The summed E-state index contributed by atoms with van der Waals surface area (Å²) in [4.78, 5) is 13.7. The van der Waals surface area contributed by atoms with Crippen LogP contribution in [0.4, 0.5) is 0 Å². The van der Waals surface area contributed by atoms with Gasteiger partial charge in [0, 0.05) is 64.0 Å². The normalized spacial score (nSPS) is 11.4. The Morgan fingerprint density at radius 2 is 1.15 bits per heavy atom. The third kappa shape index (κ3) is 3.97. The van der Waals surface area contributed by atoms with Crippen molar-refractivity contribution in [2.24, 2.45) is 0 Å². The predicted octanol–water partition coefficient (Wildman–Crippen LogP) is 9.12. The monoisotopic (exact) mass is 524 g/mol. The molecule has 8 aromatic rings. The molecule has 0 spiro atoms. The van der Waals surface area contributed by atoms with Gasteiger partial charge in [0.1, 0.15) is 0 Å². The molecule has 4 aromatic carbocycles. The van der Waals surface area contributed by atoms with Gasteiger partial charge in [0.05, 0.1) is 16.6 Å². The third-order valence-electron chi connectivity index (χ3n) is 7.77. The molecule has 0 unspecified atom stereocenters. The van der Waals surface area contributed by atoms with Gasteiger partial charge in [-0.2, -0.15) is 0 Å². The molecule has 0 atom stereocenters. The summed E-state index contributed by atoms with van der Waals surface area (Å²) in [7, 11) is 0. The maximum Gasteiger partial charge on any atom is 0.0802 e. The van der Waals surface area contributed by atoms with E-state index in [4.69, 9.17) is 4.98 Å². The van der Waals surface area contributed by atoms with Crippen LogP contribution in [0.2, 0.25) is 0 Å². The first-order valence-electron chi connectivity index (χ1n) is 13.7. The van der Waals surface area contributed by atoms with E-state index in [1.54, 1.807) is 0 Å². The van der Waals surface area contributed by atoms with E-state index >= 15 is 0 Å². The van der Waals surface area contributed by atoms with Crippen LogP contribution in [0.15, 0.2) is 146 Å². The van der Waals surface area contributed by atoms with E-state index in [2.05, 4.69) is 112 Å². The summed E-state index contributed by atoms with van der Waals surface area (Å²) in [5.74, 6) is 0. The number of fused-ring (bicyclic) bond motifs is 5. The number of pyridine rings is 3. The van der Waals surface area contributed by atoms with Gasteiger partial charge in [0.25, 0.3) is 0 Å². The second kappa shape index (κ2) is 9.54. The lowest BCUT2D eigenvalue weighted by Gasteiger charge is -2.14. The zero-order valence-electron chi connectivity index (χ0n) is 22.1. The fraction of sp³-hybridized carbons (Fsp3) is 0. The second-order valence-electron chi connectivity index (χ2n) is 10.2. The van der Waals surface area contributed by atoms with Crippen molar-refractivity contribution in [3.05, 3.63) is 146 Å². The fourth-order valence-electron chi connectivity index (χ4n) is 5.88. The Hall–Kier alpha value is -5.61. The third-order valence-corrected chi connectivity index (χ3v) is 7.77. The van der Waals surface area contributed by atoms with Gasteiger partial charge in [0.2, 0.25) is 0 Å². The largest absolute Gasteiger partial charge is 0.309 e. The highest BCUT2D eigenvalue weighted by atomic mass is 15.0. The molecule has 41 heavy (non-hydrogen) atoms. The number of hydrogen-bond acceptors (Lipinski definition) is 3. The summed E-state index contributed by atoms with van der Waals surface area (Å²) >= 11 is 0. The maximum absolute atomic E-state index is 4.87. The zero-order chi connectivity index (χ0) is 27.2. The molecule has 8 rings (SSSR count). The van der Waals surface area contributed by atoms with Gasteiger partial charge in [-0.1, -0.05) is 60.7 Å². The van der Waals surface area contributed by atoms with Crippen LogP contribution < -0.4 is 0 Å². The molecule has 0 aliphatic heterocycles. The van der Waals surface area contributed by atoms with Gasteiger partial charge in [-0.05, 0) is 76.9 Å². The summed E-state index contributed by atoms with van der Waals surface area (Å²) in [5, 5.41) is 3.47. The quantitative estimate of drug-likeness (QED) is 0.231. The van der Waals surface area contributed by atoms with Gasteiger partial charge in [0.15, 0.2) is 0 Å². The van der Waals surface area contributed by atoms with E-state index in [0.29, 0.717) is 0 Å².